The molecule has 1 aromatic rings. The maximum absolute atomic E-state index is 6.35. The van der Waals surface area contributed by atoms with Gasteiger partial charge in [-0.1, -0.05) is 18.5 Å². The molecule has 3 rings (SSSR count). The number of nitrogens with two attached hydrogens (primary N) is 1. The molecule has 0 aromatic heterocycles. The molecule has 0 bridgehead atoms. The Bertz CT molecular complexity index is 509. The number of rotatable bonds is 3. The van der Waals surface area contributed by atoms with Crippen molar-refractivity contribution < 1.29 is 9.47 Å². The number of nitrogens with zero attached hydrogens (tertiary/aromatic N) is 1. The van der Waals surface area contributed by atoms with E-state index in [-0.39, 0.29) is 6.04 Å². The lowest BCUT2D eigenvalue weighted by molar-refractivity contribution is 0.132. The summed E-state index contributed by atoms with van der Waals surface area (Å²) in [6.07, 6.45) is 2.53. The van der Waals surface area contributed by atoms with E-state index in [1.165, 1.54) is 12.8 Å². The summed E-state index contributed by atoms with van der Waals surface area (Å²) in [6.45, 7) is 6.20. The monoisotopic (exact) mass is 310 g/mol. The Morgan fingerprint density at radius 2 is 2.19 bits per heavy atom. The van der Waals surface area contributed by atoms with E-state index in [2.05, 4.69) is 11.8 Å². The molecule has 0 amide bonds. The summed E-state index contributed by atoms with van der Waals surface area (Å²) in [5.74, 6) is 2.13. The minimum atomic E-state index is 0.195. The Morgan fingerprint density at radius 3 is 2.95 bits per heavy atom. The average Bonchev–Trinajstić information content (AvgIpc) is 2.48. The fourth-order valence-electron chi connectivity index (χ4n) is 3.33. The van der Waals surface area contributed by atoms with E-state index < -0.39 is 0 Å². The summed E-state index contributed by atoms with van der Waals surface area (Å²) >= 11 is 6.35. The van der Waals surface area contributed by atoms with Gasteiger partial charge in [0.05, 0.1) is 5.02 Å². The molecule has 21 heavy (non-hydrogen) atoms. The standard InChI is InChI=1S/C16H23ClN2O2/c1-11-3-2-4-19(10-11)14(9-18)12-7-13(17)16-15(8-12)20-5-6-21-16/h7-8,11,14H,2-6,9-10,18H2,1H3. The van der Waals surface area contributed by atoms with Crippen LogP contribution in [0.25, 0.3) is 0 Å². The van der Waals surface area contributed by atoms with Crippen LogP contribution >= 0.6 is 11.6 Å². The van der Waals surface area contributed by atoms with Gasteiger partial charge in [0.15, 0.2) is 11.5 Å². The number of ether oxygens (including phenoxy) is 2. The van der Waals surface area contributed by atoms with Gasteiger partial charge in [0.25, 0.3) is 0 Å². The van der Waals surface area contributed by atoms with Crippen LogP contribution in [0.4, 0.5) is 0 Å². The molecule has 116 valence electrons. The van der Waals surface area contributed by atoms with Crippen LogP contribution in [0.3, 0.4) is 0 Å². The topological polar surface area (TPSA) is 47.7 Å². The molecule has 5 heteroatoms. The zero-order chi connectivity index (χ0) is 14.8. The first-order valence-corrected chi connectivity index (χ1v) is 8.10. The Morgan fingerprint density at radius 1 is 1.38 bits per heavy atom. The molecule has 0 radical (unpaired) electrons. The maximum Gasteiger partial charge on any atom is 0.179 e. The molecule has 0 spiro atoms. The summed E-state index contributed by atoms with van der Waals surface area (Å²) in [4.78, 5) is 2.47. The van der Waals surface area contributed by atoms with Gasteiger partial charge in [-0.15, -0.1) is 0 Å². The van der Waals surface area contributed by atoms with E-state index in [1.807, 2.05) is 12.1 Å². The second kappa shape index (κ2) is 6.42. The molecule has 4 nitrogen and oxygen atoms in total. The van der Waals surface area contributed by atoms with Gasteiger partial charge < -0.3 is 15.2 Å². The van der Waals surface area contributed by atoms with Gasteiger partial charge in [0.2, 0.25) is 0 Å². The van der Waals surface area contributed by atoms with Crippen molar-refractivity contribution in [3.05, 3.63) is 22.7 Å². The molecule has 1 fully saturated rings. The highest BCUT2D eigenvalue weighted by atomic mass is 35.5. The average molecular weight is 311 g/mol. The zero-order valence-electron chi connectivity index (χ0n) is 12.5. The van der Waals surface area contributed by atoms with Crippen molar-refractivity contribution in [3.8, 4) is 11.5 Å². The lowest BCUT2D eigenvalue weighted by Gasteiger charge is -2.37. The van der Waals surface area contributed by atoms with Crippen molar-refractivity contribution in [2.24, 2.45) is 11.7 Å². The first-order chi connectivity index (χ1) is 10.2. The van der Waals surface area contributed by atoms with Crippen molar-refractivity contribution in [1.29, 1.82) is 0 Å². The summed E-state index contributed by atoms with van der Waals surface area (Å²) in [5.41, 5.74) is 7.18. The smallest absolute Gasteiger partial charge is 0.179 e. The van der Waals surface area contributed by atoms with Crippen LogP contribution in [0.1, 0.15) is 31.4 Å². The van der Waals surface area contributed by atoms with Gasteiger partial charge in [0.1, 0.15) is 13.2 Å². The summed E-state index contributed by atoms with van der Waals surface area (Å²) in [6, 6.07) is 4.21. The lowest BCUT2D eigenvalue weighted by Crippen LogP contribution is -2.40. The SMILES string of the molecule is CC1CCCN(C(CN)c2cc(Cl)c3c(c2)OCCO3)C1. The summed E-state index contributed by atoms with van der Waals surface area (Å²) in [5, 5.41) is 0.616. The third-order valence-corrected chi connectivity index (χ3v) is 4.64. The number of fused-ring (bicyclic) bond motifs is 1. The van der Waals surface area contributed by atoms with E-state index in [0.717, 1.165) is 30.3 Å². The van der Waals surface area contributed by atoms with Gasteiger partial charge in [-0.3, -0.25) is 4.90 Å². The second-order valence-electron chi connectivity index (χ2n) is 6.02. The number of hydrogen-bond donors (Lipinski definition) is 1. The third-order valence-electron chi connectivity index (χ3n) is 4.36. The van der Waals surface area contributed by atoms with Crippen molar-refractivity contribution in [2.75, 3.05) is 32.8 Å². The number of halogens is 1. The molecule has 1 saturated heterocycles. The number of benzene rings is 1. The maximum atomic E-state index is 6.35. The van der Waals surface area contributed by atoms with E-state index in [0.29, 0.717) is 30.5 Å². The van der Waals surface area contributed by atoms with E-state index in [4.69, 9.17) is 26.8 Å². The highest BCUT2D eigenvalue weighted by Gasteiger charge is 2.26. The molecule has 0 aliphatic carbocycles. The van der Waals surface area contributed by atoms with E-state index in [1.54, 1.807) is 0 Å². The minimum Gasteiger partial charge on any atom is -0.486 e. The predicted octanol–water partition coefficient (Wildman–Crippen LogP) is 2.84. The largest absolute Gasteiger partial charge is 0.486 e. The van der Waals surface area contributed by atoms with Crippen molar-refractivity contribution in [1.82, 2.24) is 4.90 Å². The Balaban J connectivity index is 1.88. The minimum absolute atomic E-state index is 0.195. The van der Waals surface area contributed by atoms with Crippen LogP contribution in [0.2, 0.25) is 5.02 Å². The molecular formula is C16H23ClN2O2. The van der Waals surface area contributed by atoms with Crippen molar-refractivity contribution >= 4 is 11.6 Å². The van der Waals surface area contributed by atoms with Gasteiger partial charge in [-0.05, 0) is 43.0 Å². The first kappa shape index (κ1) is 14.9. The molecule has 1 aromatic carbocycles. The molecule has 2 aliphatic rings. The predicted molar refractivity (Wildman–Crippen MR) is 84.2 cm³/mol. The van der Waals surface area contributed by atoms with Crippen LogP contribution in [-0.4, -0.2) is 37.7 Å². The van der Waals surface area contributed by atoms with Crippen LogP contribution in [-0.2, 0) is 0 Å². The van der Waals surface area contributed by atoms with Gasteiger partial charge in [-0.2, -0.15) is 0 Å². The number of piperidine rings is 1. The van der Waals surface area contributed by atoms with E-state index >= 15 is 0 Å². The first-order valence-electron chi connectivity index (χ1n) is 7.72. The Labute approximate surface area is 131 Å². The zero-order valence-corrected chi connectivity index (χ0v) is 13.2. The van der Waals surface area contributed by atoms with Gasteiger partial charge in [-0.25, -0.2) is 0 Å². The molecule has 2 heterocycles. The normalized spacial score (nSPS) is 23.9. The third kappa shape index (κ3) is 3.12. The Kier molecular flexibility index (Phi) is 4.57. The molecular weight excluding hydrogens is 288 g/mol. The van der Waals surface area contributed by atoms with Crippen LogP contribution < -0.4 is 15.2 Å². The molecule has 0 saturated carbocycles. The van der Waals surface area contributed by atoms with Crippen LogP contribution in [0, 0.1) is 5.92 Å². The fraction of sp³-hybridized carbons (Fsp3) is 0.625. The number of hydrogen-bond acceptors (Lipinski definition) is 4. The molecule has 2 aliphatic heterocycles. The highest BCUT2D eigenvalue weighted by molar-refractivity contribution is 6.32. The van der Waals surface area contributed by atoms with E-state index in [9.17, 15) is 0 Å². The van der Waals surface area contributed by atoms with Gasteiger partial charge in [0, 0.05) is 19.1 Å². The summed E-state index contributed by atoms with van der Waals surface area (Å²) in [7, 11) is 0. The number of likely N-dealkylation sites (tertiary alicyclic amines) is 1. The van der Waals surface area contributed by atoms with Crippen molar-refractivity contribution in [2.45, 2.75) is 25.8 Å². The molecule has 2 unspecified atom stereocenters. The quantitative estimate of drug-likeness (QED) is 0.932. The molecule has 2 atom stereocenters. The van der Waals surface area contributed by atoms with Crippen LogP contribution in [0.15, 0.2) is 12.1 Å². The van der Waals surface area contributed by atoms with Crippen molar-refractivity contribution in [3.63, 3.8) is 0 Å². The lowest BCUT2D eigenvalue weighted by atomic mass is 9.96. The second-order valence-corrected chi connectivity index (χ2v) is 6.43. The van der Waals surface area contributed by atoms with Gasteiger partial charge >= 0.3 is 0 Å². The Hall–Kier alpha value is -0.970. The molecule has 2 N–H and O–H groups in total. The van der Waals surface area contributed by atoms with Crippen LogP contribution in [0.5, 0.6) is 11.5 Å². The summed E-state index contributed by atoms with van der Waals surface area (Å²) < 4.78 is 11.3. The fourth-order valence-corrected chi connectivity index (χ4v) is 3.60. The highest BCUT2D eigenvalue weighted by Crippen LogP contribution is 2.40.